The topological polar surface area (TPSA) is 71.5 Å². The molecule has 0 aromatic heterocycles. The first kappa shape index (κ1) is 7.45. The predicted molar refractivity (Wildman–Crippen MR) is 32.1 cm³/mol. The summed E-state index contributed by atoms with van der Waals surface area (Å²) in [5.41, 5.74) is 0. The van der Waals surface area contributed by atoms with Crippen molar-refractivity contribution in [2.75, 3.05) is 0 Å². The van der Waals surface area contributed by atoms with E-state index in [9.17, 15) is 0 Å². The number of fused-ring (bicyclic) bond motifs is 1. The Hall–Kier alpha value is -0.200. The van der Waals surface area contributed by atoms with Gasteiger partial charge in [-0.05, 0) is 0 Å². The van der Waals surface area contributed by atoms with Crippen molar-refractivity contribution >= 4 is 0 Å². The zero-order chi connectivity index (χ0) is 8.06. The molecule has 2 rings (SSSR count). The highest BCUT2D eigenvalue weighted by atomic mass is 16.9. The third kappa shape index (κ3) is 1.25. The van der Waals surface area contributed by atoms with Crippen molar-refractivity contribution in [2.24, 2.45) is 0 Å². The van der Waals surface area contributed by atoms with Gasteiger partial charge in [-0.15, -0.1) is 0 Å². The van der Waals surface area contributed by atoms with Gasteiger partial charge in [-0.2, -0.15) is 0 Å². The van der Waals surface area contributed by atoms with E-state index in [1.807, 2.05) is 0 Å². The molecule has 11 heavy (non-hydrogen) atoms. The molecule has 0 aromatic carbocycles. The summed E-state index contributed by atoms with van der Waals surface area (Å²) in [7, 11) is 0. The molecule has 64 valence electrons. The lowest BCUT2D eigenvalue weighted by Gasteiger charge is -2.28. The summed E-state index contributed by atoms with van der Waals surface area (Å²) in [6, 6.07) is 0. The average Bonchev–Trinajstić information content (AvgIpc) is 2.57. The van der Waals surface area contributed by atoms with Gasteiger partial charge in [0.2, 0.25) is 0 Å². The fourth-order valence-corrected chi connectivity index (χ4v) is 0.896. The van der Waals surface area contributed by atoms with Crippen LogP contribution in [0.2, 0.25) is 0 Å². The number of hydrogen-bond acceptors (Lipinski definition) is 5. The monoisotopic (exact) mass is 162 g/mol. The molecule has 0 spiro atoms. The molecule has 5 heteroatoms. The second-order valence-electron chi connectivity index (χ2n) is 2.69. The lowest BCUT2D eigenvalue weighted by atomic mass is 10.3. The van der Waals surface area contributed by atoms with Gasteiger partial charge in [-0.1, -0.05) is 6.92 Å². The summed E-state index contributed by atoms with van der Waals surface area (Å²) < 4.78 is 14.5. The van der Waals surface area contributed by atoms with Crippen molar-refractivity contribution in [2.45, 2.75) is 38.0 Å². The maximum absolute atomic E-state index is 8.99. The van der Waals surface area contributed by atoms with Crippen molar-refractivity contribution in [1.29, 1.82) is 0 Å². The van der Waals surface area contributed by atoms with Crippen LogP contribution in [0.5, 0.6) is 0 Å². The zero-order valence-electron chi connectivity index (χ0n) is 6.06. The zero-order valence-corrected chi connectivity index (χ0v) is 6.06. The summed E-state index contributed by atoms with van der Waals surface area (Å²) in [4.78, 5) is 0. The van der Waals surface area contributed by atoms with Crippen molar-refractivity contribution in [3.8, 4) is 0 Å². The van der Waals surface area contributed by atoms with Crippen LogP contribution in [-0.4, -0.2) is 34.9 Å². The molecule has 0 aliphatic carbocycles. The quantitative estimate of drug-likeness (QED) is 0.417. The van der Waals surface area contributed by atoms with Crippen LogP contribution in [0.1, 0.15) is 13.3 Å². The lowest BCUT2D eigenvalue weighted by Crippen LogP contribution is -2.44. The Kier molecular flexibility index (Phi) is 1.45. The minimum atomic E-state index is -2.08. The van der Waals surface area contributed by atoms with Gasteiger partial charge in [-0.25, -0.2) is 0 Å². The van der Waals surface area contributed by atoms with Gasteiger partial charge >= 0.3 is 0 Å². The van der Waals surface area contributed by atoms with Crippen LogP contribution in [0.3, 0.4) is 0 Å². The molecule has 0 saturated carbocycles. The van der Waals surface area contributed by atoms with E-state index < -0.39 is 12.3 Å². The molecule has 2 aliphatic heterocycles. The molecular weight excluding hydrogens is 152 g/mol. The highest BCUT2D eigenvalue weighted by molar-refractivity contribution is 4.91. The van der Waals surface area contributed by atoms with E-state index in [2.05, 4.69) is 0 Å². The first-order valence-corrected chi connectivity index (χ1v) is 3.56. The minimum absolute atomic E-state index is 0.0831. The summed E-state index contributed by atoms with van der Waals surface area (Å²) in [5.74, 6) is -2.08. The lowest BCUT2D eigenvalue weighted by molar-refractivity contribution is -0.402. The van der Waals surface area contributed by atoms with Gasteiger partial charge < -0.3 is 19.7 Å². The predicted octanol–water partition coefficient (Wildman–Crippen LogP) is -0.867. The largest absolute Gasteiger partial charge is 0.343 e. The first-order valence-electron chi connectivity index (χ1n) is 3.56. The maximum atomic E-state index is 8.99. The fraction of sp³-hybridized carbons (Fsp3) is 1.00. The fourth-order valence-electron chi connectivity index (χ4n) is 0.896. The molecule has 3 unspecified atom stereocenters. The van der Waals surface area contributed by atoms with Crippen LogP contribution < -0.4 is 0 Å². The summed E-state index contributed by atoms with van der Waals surface area (Å²) in [5, 5.41) is 18.0. The van der Waals surface area contributed by atoms with Gasteiger partial charge in [0.15, 0.2) is 18.7 Å². The van der Waals surface area contributed by atoms with Crippen molar-refractivity contribution in [3.63, 3.8) is 0 Å². The Morgan fingerprint density at radius 1 is 1.45 bits per heavy atom. The van der Waals surface area contributed by atoms with E-state index in [1.165, 1.54) is 0 Å². The average molecular weight is 162 g/mol. The normalized spacial score (nSPS) is 41.2. The van der Waals surface area contributed by atoms with Crippen molar-refractivity contribution in [3.05, 3.63) is 0 Å². The summed E-state index contributed by atoms with van der Waals surface area (Å²) >= 11 is 0. The van der Waals surface area contributed by atoms with Gasteiger partial charge in [-0.3, -0.25) is 4.74 Å². The molecule has 2 N–H and O–H groups in total. The highest BCUT2D eigenvalue weighted by Gasteiger charge is 2.61. The number of ether oxygens (including phenoxy) is 3. The molecule has 0 aromatic rings. The smallest absolute Gasteiger partial charge is 0.279 e. The van der Waals surface area contributed by atoms with Crippen LogP contribution in [0.15, 0.2) is 0 Å². The first-order chi connectivity index (χ1) is 5.12. The summed E-state index contributed by atoms with van der Waals surface area (Å²) in [6.45, 7) is 1.60. The number of hydrogen-bond donors (Lipinski definition) is 2. The highest BCUT2D eigenvalue weighted by Crippen LogP contribution is 2.41. The maximum Gasteiger partial charge on any atom is 0.279 e. The third-order valence-corrected chi connectivity index (χ3v) is 1.78. The SMILES string of the molecule is CCC(O)(O)OC1OC2OC21. The molecule has 2 saturated heterocycles. The molecular formula is C6H10O5. The van der Waals surface area contributed by atoms with Gasteiger partial charge in [0.1, 0.15) is 0 Å². The molecule has 2 heterocycles. The molecule has 2 fully saturated rings. The van der Waals surface area contributed by atoms with Crippen LogP contribution in [0, 0.1) is 0 Å². The van der Waals surface area contributed by atoms with E-state index in [0.29, 0.717) is 0 Å². The number of rotatable bonds is 3. The van der Waals surface area contributed by atoms with Gasteiger partial charge in [0.05, 0.1) is 0 Å². The molecule has 2 aliphatic rings. The third-order valence-electron chi connectivity index (χ3n) is 1.78. The Balaban J connectivity index is 1.80. The standard InChI is InChI=1S/C6H10O5/c1-2-6(7,8)11-5-3-4(9-3)10-5/h3-5,7-8H,2H2,1H3. The molecule has 5 nitrogen and oxygen atoms in total. The second kappa shape index (κ2) is 2.15. The molecule has 0 bridgehead atoms. The van der Waals surface area contributed by atoms with Crippen LogP contribution in [0.4, 0.5) is 0 Å². The van der Waals surface area contributed by atoms with Crippen molar-refractivity contribution < 1.29 is 24.4 Å². The Bertz CT molecular complexity index is 168. The van der Waals surface area contributed by atoms with Crippen LogP contribution >= 0.6 is 0 Å². The van der Waals surface area contributed by atoms with Gasteiger partial charge in [0, 0.05) is 6.42 Å². The Morgan fingerprint density at radius 3 is 2.55 bits per heavy atom. The molecule has 0 amide bonds. The van der Waals surface area contributed by atoms with Crippen molar-refractivity contribution in [1.82, 2.24) is 0 Å². The van der Waals surface area contributed by atoms with E-state index in [-0.39, 0.29) is 18.8 Å². The second-order valence-corrected chi connectivity index (χ2v) is 2.69. The Labute approximate surface area is 63.5 Å². The number of epoxide rings is 1. The van der Waals surface area contributed by atoms with Gasteiger partial charge in [0.25, 0.3) is 5.97 Å². The van der Waals surface area contributed by atoms with Crippen LogP contribution in [-0.2, 0) is 14.2 Å². The minimum Gasteiger partial charge on any atom is -0.343 e. The van der Waals surface area contributed by atoms with E-state index in [4.69, 9.17) is 24.4 Å². The summed E-state index contributed by atoms with van der Waals surface area (Å²) in [6.07, 6.45) is -0.743. The molecule has 3 atom stereocenters. The number of aliphatic hydroxyl groups is 2. The van der Waals surface area contributed by atoms with E-state index >= 15 is 0 Å². The molecule has 0 radical (unpaired) electrons. The van der Waals surface area contributed by atoms with E-state index in [1.54, 1.807) is 6.92 Å². The van der Waals surface area contributed by atoms with Crippen LogP contribution in [0.25, 0.3) is 0 Å². The van der Waals surface area contributed by atoms with E-state index in [0.717, 1.165) is 0 Å². The Morgan fingerprint density at radius 2 is 2.18 bits per heavy atom.